The fourth-order valence-electron chi connectivity index (χ4n) is 2.78. The predicted molar refractivity (Wildman–Crippen MR) is 73.0 cm³/mol. The lowest BCUT2D eigenvalue weighted by Crippen LogP contribution is -2.31. The molecule has 1 saturated carbocycles. The Hall–Kier alpha value is -1.02. The maximum Gasteiger partial charge on any atom is 0.251 e. The second kappa shape index (κ2) is 4.93. The molecule has 0 radical (unpaired) electrons. The summed E-state index contributed by atoms with van der Waals surface area (Å²) in [5, 5.41) is 2.94. The zero-order chi connectivity index (χ0) is 12.5. The number of carbonyl (C=O) groups is 1. The van der Waals surface area contributed by atoms with Gasteiger partial charge in [0.1, 0.15) is 0 Å². The Morgan fingerprint density at radius 1 is 1.39 bits per heavy atom. The highest BCUT2D eigenvalue weighted by Crippen LogP contribution is 2.38. The van der Waals surface area contributed by atoms with Gasteiger partial charge in [0.25, 0.3) is 5.91 Å². The van der Waals surface area contributed by atoms with Gasteiger partial charge in [0.05, 0.1) is 5.38 Å². The number of halogens is 1. The Morgan fingerprint density at radius 2 is 2.22 bits per heavy atom. The molecule has 3 rings (SSSR count). The summed E-state index contributed by atoms with van der Waals surface area (Å²) in [6.07, 6.45) is 5.95. The fraction of sp³-hybridized carbons (Fsp3) is 0.533. The summed E-state index contributed by atoms with van der Waals surface area (Å²) in [4.78, 5) is 11.8. The van der Waals surface area contributed by atoms with Gasteiger partial charge in [-0.3, -0.25) is 4.79 Å². The minimum absolute atomic E-state index is 0.0469. The van der Waals surface area contributed by atoms with Crippen molar-refractivity contribution in [3.8, 4) is 0 Å². The van der Waals surface area contributed by atoms with E-state index in [0.717, 1.165) is 42.0 Å². The van der Waals surface area contributed by atoms with Gasteiger partial charge in [-0.1, -0.05) is 31.4 Å². The van der Waals surface area contributed by atoms with Crippen molar-refractivity contribution in [2.24, 2.45) is 5.92 Å². The van der Waals surface area contributed by atoms with Crippen molar-refractivity contribution in [1.82, 2.24) is 5.32 Å². The van der Waals surface area contributed by atoms with Crippen LogP contribution in [0.2, 0.25) is 0 Å². The maximum absolute atomic E-state index is 11.8. The number of carbonyl (C=O) groups excluding carboxylic acids is 1. The van der Waals surface area contributed by atoms with E-state index < -0.39 is 0 Å². The van der Waals surface area contributed by atoms with Crippen LogP contribution >= 0.6 is 11.6 Å². The molecule has 1 unspecified atom stereocenters. The van der Waals surface area contributed by atoms with Crippen molar-refractivity contribution < 1.29 is 4.79 Å². The first-order valence-corrected chi connectivity index (χ1v) is 7.23. The smallest absolute Gasteiger partial charge is 0.251 e. The van der Waals surface area contributed by atoms with Crippen LogP contribution in [0.1, 0.15) is 52.5 Å². The quantitative estimate of drug-likeness (QED) is 0.832. The summed E-state index contributed by atoms with van der Waals surface area (Å²) in [6.45, 7) is 0.748. The van der Waals surface area contributed by atoms with Crippen LogP contribution in [0.15, 0.2) is 18.2 Å². The first-order valence-electron chi connectivity index (χ1n) is 6.79. The van der Waals surface area contributed by atoms with E-state index >= 15 is 0 Å². The predicted octanol–water partition coefficient (Wildman–Crippen LogP) is 3.44. The maximum atomic E-state index is 11.8. The third-order valence-corrected chi connectivity index (χ3v) is 4.62. The van der Waals surface area contributed by atoms with Crippen LogP contribution in [0.25, 0.3) is 0 Å². The molecule has 0 spiro atoms. The molecule has 1 amide bonds. The van der Waals surface area contributed by atoms with Crippen molar-refractivity contribution in [3.05, 3.63) is 34.9 Å². The number of rotatable bonds is 3. The number of hydrogen-bond donors (Lipinski definition) is 1. The van der Waals surface area contributed by atoms with Crippen LogP contribution in [-0.4, -0.2) is 12.5 Å². The molecule has 1 fully saturated rings. The highest BCUT2D eigenvalue weighted by Gasteiger charge is 2.23. The van der Waals surface area contributed by atoms with Crippen molar-refractivity contribution >= 4 is 17.5 Å². The fourth-order valence-corrected chi connectivity index (χ4v) is 3.17. The standard InChI is InChI=1S/C15H18ClNO/c16-14(8-10-2-1-3-10)12-5-4-11-6-7-17-15(18)13(11)9-12/h4-5,9-10,14H,1-3,6-8H2,(H,17,18). The van der Waals surface area contributed by atoms with Crippen molar-refractivity contribution in [3.63, 3.8) is 0 Å². The molecule has 0 bridgehead atoms. The molecular weight excluding hydrogens is 246 g/mol. The second-order valence-corrected chi connectivity index (χ2v) is 5.95. The van der Waals surface area contributed by atoms with Gasteiger partial charge < -0.3 is 5.32 Å². The Morgan fingerprint density at radius 3 is 2.94 bits per heavy atom. The molecule has 1 atom stereocenters. The summed E-state index contributed by atoms with van der Waals surface area (Å²) in [5.74, 6) is 0.836. The van der Waals surface area contributed by atoms with E-state index in [9.17, 15) is 4.79 Å². The highest BCUT2D eigenvalue weighted by atomic mass is 35.5. The van der Waals surface area contributed by atoms with Gasteiger partial charge in [0.2, 0.25) is 0 Å². The SMILES string of the molecule is O=C1NCCc2ccc(C(Cl)CC3CCC3)cc21. The highest BCUT2D eigenvalue weighted by molar-refractivity contribution is 6.20. The molecule has 2 aliphatic rings. The van der Waals surface area contributed by atoms with E-state index in [1.165, 1.54) is 19.3 Å². The summed E-state index contributed by atoms with van der Waals surface area (Å²) >= 11 is 6.47. The van der Waals surface area contributed by atoms with Gasteiger partial charge in [-0.05, 0) is 36.0 Å². The van der Waals surface area contributed by atoms with E-state index in [2.05, 4.69) is 17.4 Å². The van der Waals surface area contributed by atoms with Gasteiger partial charge >= 0.3 is 0 Å². The summed E-state index contributed by atoms with van der Waals surface area (Å²) in [7, 11) is 0. The van der Waals surface area contributed by atoms with Crippen LogP contribution in [0.4, 0.5) is 0 Å². The van der Waals surface area contributed by atoms with Gasteiger partial charge in [-0.2, -0.15) is 0 Å². The molecular formula is C15H18ClNO. The number of fused-ring (bicyclic) bond motifs is 1. The van der Waals surface area contributed by atoms with Crippen LogP contribution in [0.5, 0.6) is 0 Å². The molecule has 1 aliphatic carbocycles. The molecule has 0 aromatic heterocycles. The Kier molecular flexibility index (Phi) is 3.29. The van der Waals surface area contributed by atoms with E-state index in [0.29, 0.717) is 0 Å². The largest absolute Gasteiger partial charge is 0.352 e. The van der Waals surface area contributed by atoms with Crippen molar-refractivity contribution in [2.45, 2.75) is 37.5 Å². The number of amides is 1. The minimum atomic E-state index is 0.0469. The lowest BCUT2D eigenvalue weighted by Gasteiger charge is -2.27. The molecule has 1 heterocycles. The summed E-state index contributed by atoms with van der Waals surface area (Å²) < 4.78 is 0. The van der Waals surface area contributed by atoms with Gasteiger partial charge in [0, 0.05) is 12.1 Å². The van der Waals surface area contributed by atoms with Crippen molar-refractivity contribution in [2.75, 3.05) is 6.54 Å². The number of nitrogens with one attached hydrogen (secondary N) is 1. The Bertz CT molecular complexity index is 468. The Labute approximate surface area is 113 Å². The minimum Gasteiger partial charge on any atom is -0.352 e. The van der Waals surface area contributed by atoms with Crippen molar-refractivity contribution in [1.29, 1.82) is 0 Å². The molecule has 96 valence electrons. The lowest BCUT2D eigenvalue weighted by molar-refractivity contribution is 0.0946. The molecule has 3 heteroatoms. The van der Waals surface area contributed by atoms with Gasteiger partial charge in [-0.15, -0.1) is 11.6 Å². The van der Waals surface area contributed by atoms with Crippen LogP contribution in [0.3, 0.4) is 0 Å². The van der Waals surface area contributed by atoms with Gasteiger partial charge in [-0.25, -0.2) is 0 Å². The zero-order valence-electron chi connectivity index (χ0n) is 10.4. The first kappa shape index (κ1) is 12.0. The Balaban J connectivity index is 1.79. The molecule has 2 nitrogen and oxygen atoms in total. The normalized spacial score (nSPS) is 20.8. The van der Waals surface area contributed by atoms with Crippen LogP contribution < -0.4 is 5.32 Å². The average Bonchev–Trinajstić information content (AvgIpc) is 2.34. The molecule has 1 aromatic carbocycles. The van der Waals surface area contributed by atoms with E-state index in [1.54, 1.807) is 0 Å². The van der Waals surface area contributed by atoms with Crippen LogP contribution in [0, 0.1) is 5.92 Å². The molecule has 0 saturated heterocycles. The summed E-state index contributed by atoms with van der Waals surface area (Å²) in [6, 6.07) is 6.15. The van der Waals surface area contributed by atoms with Crippen LogP contribution in [-0.2, 0) is 6.42 Å². The summed E-state index contributed by atoms with van der Waals surface area (Å²) in [5.41, 5.74) is 3.06. The first-order chi connectivity index (χ1) is 8.74. The third-order valence-electron chi connectivity index (χ3n) is 4.19. The van der Waals surface area contributed by atoms with E-state index in [-0.39, 0.29) is 11.3 Å². The molecule has 1 aliphatic heterocycles. The number of hydrogen-bond acceptors (Lipinski definition) is 1. The second-order valence-electron chi connectivity index (χ2n) is 5.42. The third kappa shape index (κ3) is 2.26. The van der Waals surface area contributed by atoms with E-state index in [4.69, 9.17) is 11.6 Å². The lowest BCUT2D eigenvalue weighted by atomic mass is 9.81. The number of alkyl halides is 1. The topological polar surface area (TPSA) is 29.1 Å². The van der Waals surface area contributed by atoms with E-state index in [1.807, 2.05) is 6.07 Å². The van der Waals surface area contributed by atoms with Gasteiger partial charge in [0.15, 0.2) is 0 Å². The number of benzene rings is 1. The molecule has 1 N–H and O–H groups in total. The molecule has 18 heavy (non-hydrogen) atoms. The zero-order valence-corrected chi connectivity index (χ0v) is 11.2. The monoisotopic (exact) mass is 263 g/mol. The molecule has 1 aromatic rings. The average molecular weight is 264 g/mol.